The number of ether oxygens (including phenoxy) is 1. The summed E-state index contributed by atoms with van der Waals surface area (Å²) in [5, 5.41) is 4.86. The lowest BCUT2D eigenvalue weighted by Gasteiger charge is -2.13. The Morgan fingerprint density at radius 3 is 2.30 bits per heavy atom. The van der Waals surface area contributed by atoms with Gasteiger partial charge in [-0.1, -0.05) is 47.5 Å². The summed E-state index contributed by atoms with van der Waals surface area (Å²) in [4.78, 5) is 4.59. The van der Waals surface area contributed by atoms with Gasteiger partial charge in [-0.3, -0.25) is 0 Å². The molecule has 0 aliphatic rings. The Labute approximate surface area is 221 Å². The van der Waals surface area contributed by atoms with E-state index in [1.807, 2.05) is 31.2 Å². The van der Waals surface area contributed by atoms with E-state index in [2.05, 4.69) is 10.1 Å². The van der Waals surface area contributed by atoms with Gasteiger partial charge in [0.1, 0.15) is 12.4 Å². The zero-order valence-corrected chi connectivity index (χ0v) is 21.3. The van der Waals surface area contributed by atoms with Crippen molar-refractivity contribution in [2.45, 2.75) is 26.6 Å². The summed E-state index contributed by atoms with van der Waals surface area (Å²) < 4.78 is 49.7. The molecule has 0 aliphatic heterocycles. The van der Waals surface area contributed by atoms with Crippen molar-refractivity contribution >= 4 is 34.2 Å². The lowest BCUT2D eigenvalue weighted by atomic mass is 10.0. The van der Waals surface area contributed by atoms with Crippen LogP contribution in [-0.4, -0.2) is 14.8 Å². The van der Waals surface area contributed by atoms with Gasteiger partial charge in [-0.2, -0.15) is 18.3 Å². The number of hydrogen-bond donors (Lipinski definition) is 0. The van der Waals surface area contributed by atoms with Crippen molar-refractivity contribution in [2.75, 3.05) is 0 Å². The van der Waals surface area contributed by atoms with Crippen LogP contribution in [0, 0.1) is 13.8 Å². The van der Waals surface area contributed by atoms with Crippen molar-refractivity contribution < 1.29 is 17.9 Å². The summed E-state index contributed by atoms with van der Waals surface area (Å²) in [6.45, 7) is 3.91. The molecule has 37 heavy (non-hydrogen) atoms. The highest BCUT2D eigenvalue weighted by Gasteiger charge is 2.36. The molecular weight excluding hydrogens is 522 g/mol. The highest BCUT2D eigenvalue weighted by molar-refractivity contribution is 6.42. The number of pyridine rings is 1. The summed E-state index contributed by atoms with van der Waals surface area (Å²) in [7, 11) is 0. The molecule has 2 heterocycles. The van der Waals surface area contributed by atoms with Crippen LogP contribution in [0.15, 0.2) is 72.8 Å². The van der Waals surface area contributed by atoms with Crippen molar-refractivity contribution in [3.05, 3.63) is 105 Å². The molecule has 5 rings (SSSR count). The molecular formula is C28H20Cl2F3N3O. The quantitative estimate of drug-likeness (QED) is 0.223. The molecule has 0 atom stereocenters. The Bertz CT molecular complexity index is 1610. The topological polar surface area (TPSA) is 39.9 Å². The molecule has 0 amide bonds. The fourth-order valence-corrected chi connectivity index (χ4v) is 4.40. The Kier molecular flexibility index (Phi) is 6.60. The van der Waals surface area contributed by atoms with Crippen LogP contribution in [0.3, 0.4) is 0 Å². The zero-order chi connectivity index (χ0) is 26.3. The van der Waals surface area contributed by atoms with Gasteiger partial charge < -0.3 is 4.74 Å². The smallest absolute Gasteiger partial charge is 0.417 e. The van der Waals surface area contributed by atoms with Crippen LogP contribution in [0.4, 0.5) is 13.2 Å². The molecule has 0 bridgehead atoms. The number of alkyl halides is 3. The van der Waals surface area contributed by atoms with E-state index in [1.54, 1.807) is 36.4 Å². The van der Waals surface area contributed by atoms with E-state index in [1.165, 1.54) is 17.7 Å². The molecule has 3 aromatic carbocycles. The normalized spacial score (nSPS) is 11.8. The fraction of sp³-hybridized carbons (Fsp3) is 0.143. The molecule has 9 heteroatoms. The number of rotatable bonds is 5. The Morgan fingerprint density at radius 2 is 1.62 bits per heavy atom. The Balaban J connectivity index is 1.56. The van der Waals surface area contributed by atoms with Crippen molar-refractivity contribution in [3.8, 4) is 22.7 Å². The maximum Gasteiger partial charge on any atom is 0.417 e. The van der Waals surface area contributed by atoms with Gasteiger partial charge in [-0.25, -0.2) is 9.67 Å². The van der Waals surface area contributed by atoms with Crippen LogP contribution in [0.2, 0.25) is 10.0 Å². The van der Waals surface area contributed by atoms with Crippen LogP contribution >= 0.6 is 23.2 Å². The van der Waals surface area contributed by atoms with Crippen LogP contribution in [0.25, 0.3) is 28.0 Å². The summed E-state index contributed by atoms with van der Waals surface area (Å²) in [5.74, 6) is 0.598. The Morgan fingerprint density at radius 1 is 0.892 bits per heavy atom. The number of nitrogens with zero attached hydrogens (tertiary/aromatic N) is 3. The number of halogens is 5. The van der Waals surface area contributed by atoms with Crippen LogP contribution in [0.5, 0.6) is 5.75 Å². The molecule has 0 unspecified atom stereocenters. The van der Waals surface area contributed by atoms with Crippen LogP contribution in [0.1, 0.15) is 22.4 Å². The second-order valence-electron chi connectivity index (χ2n) is 8.59. The molecule has 188 valence electrons. The number of aryl methyl sites for hydroxylation is 2. The maximum atomic E-state index is 14.2. The first kappa shape index (κ1) is 25.1. The molecule has 0 saturated heterocycles. The molecule has 4 nitrogen and oxygen atoms in total. The lowest BCUT2D eigenvalue weighted by molar-refractivity contribution is -0.136. The van der Waals surface area contributed by atoms with Gasteiger partial charge in [0.2, 0.25) is 0 Å². The van der Waals surface area contributed by atoms with Gasteiger partial charge in [0.15, 0.2) is 5.65 Å². The van der Waals surface area contributed by atoms with Gasteiger partial charge in [0.25, 0.3) is 0 Å². The molecule has 0 spiro atoms. The summed E-state index contributed by atoms with van der Waals surface area (Å²) in [6, 6.07) is 20.5. The van der Waals surface area contributed by atoms with E-state index in [0.29, 0.717) is 28.6 Å². The largest absolute Gasteiger partial charge is 0.489 e. The summed E-state index contributed by atoms with van der Waals surface area (Å²) in [6.07, 6.45) is -4.61. The van der Waals surface area contributed by atoms with Gasteiger partial charge >= 0.3 is 6.18 Å². The molecule has 0 N–H and O–H groups in total. The number of hydrogen-bond acceptors (Lipinski definition) is 3. The number of fused-ring (bicyclic) bond motifs is 1. The highest BCUT2D eigenvalue weighted by Crippen LogP contribution is 2.39. The minimum Gasteiger partial charge on any atom is -0.489 e. The average Bonchev–Trinajstić information content (AvgIpc) is 3.20. The maximum absolute atomic E-state index is 14.2. The van der Waals surface area contributed by atoms with Gasteiger partial charge in [0.05, 0.1) is 38.1 Å². The molecule has 0 fully saturated rings. The van der Waals surface area contributed by atoms with Crippen molar-refractivity contribution in [1.82, 2.24) is 14.8 Å². The first-order chi connectivity index (χ1) is 17.6. The monoisotopic (exact) mass is 541 g/mol. The first-order valence-electron chi connectivity index (χ1n) is 11.3. The van der Waals surface area contributed by atoms with Gasteiger partial charge in [0, 0.05) is 5.56 Å². The van der Waals surface area contributed by atoms with Crippen molar-refractivity contribution in [1.29, 1.82) is 0 Å². The highest BCUT2D eigenvalue weighted by atomic mass is 35.5. The second-order valence-corrected chi connectivity index (χ2v) is 9.40. The summed E-state index contributed by atoms with van der Waals surface area (Å²) >= 11 is 12.2. The standard InChI is InChI=1S/C28H20Cl2F3N3O/c1-16-5-3-4-6-19(16)15-37-21-10-7-18(8-11-21)25-14-22(28(31,32)33)26-17(2)35-36(27(26)34-25)20-9-12-23(29)24(30)13-20/h3-14H,15H2,1-2H3. The average molecular weight is 542 g/mol. The van der Waals surface area contributed by atoms with E-state index in [-0.39, 0.29) is 27.4 Å². The molecule has 5 aromatic rings. The van der Waals surface area contributed by atoms with Crippen molar-refractivity contribution in [2.24, 2.45) is 0 Å². The molecule has 0 saturated carbocycles. The van der Waals surface area contributed by atoms with Gasteiger partial charge in [-0.05, 0) is 73.5 Å². The second kappa shape index (κ2) is 9.72. The van der Waals surface area contributed by atoms with Crippen LogP contribution < -0.4 is 4.74 Å². The fourth-order valence-electron chi connectivity index (χ4n) is 4.11. The minimum absolute atomic E-state index is 0.0690. The predicted molar refractivity (Wildman–Crippen MR) is 140 cm³/mol. The zero-order valence-electron chi connectivity index (χ0n) is 19.8. The SMILES string of the molecule is Cc1ccccc1COc1ccc(-c2cc(C(F)(F)F)c3c(C)nn(-c4ccc(Cl)c(Cl)c4)c3n2)cc1. The third-order valence-corrected chi connectivity index (χ3v) is 6.81. The van der Waals surface area contributed by atoms with Crippen molar-refractivity contribution in [3.63, 3.8) is 0 Å². The lowest BCUT2D eigenvalue weighted by Crippen LogP contribution is -2.08. The first-order valence-corrected chi connectivity index (χ1v) is 12.1. The van der Waals surface area contributed by atoms with E-state index in [0.717, 1.165) is 17.2 Å². The summed E-state index contributed by atoms with van der Waals surface area (Å²) in [5.41, 5.74) is 2.75. The Hall–Kier alpha value is -3.55. The molecule has 0 aliphatic carbocycles. The minimum atomic E-state index is -4.61. The van der Waals surface area contributed by atoms with E-state index >= 15 is 0 Å². The van der Waals surface area contributed by atoms with Gasteiger partial charge in [-0.15, -0.1) is 0 Å². The number of benzene rings is 3. The van der Waals surface area contributed by atoms with E-state index < -0.39 is 11.7 Å². The number of aromatic nitrogens is 3. The van der Waals surface area contributed by atoms with E-state index in [4.69, 9.17) is 27.9 Å². The van der Waals surface area contributed by atoms with Crippen LogP contribution in [-0.2, 0) is 12.8 Å². The third kappa shape index (κ3) is 5.02. The molecule has 0 radical (unpaired) electrons. The third-order valence-electron chi connectivity index (χ3n) is 6.07. The molecule has 2 aromatic heterocycles. The predicted octanol–water partition coefficient (Wildman–Crippen LogP) is 8.61. The van der Waals surface area contributed by atoms with E-state index in [9.17, 15) is 13.2 Å².